The van der Waals surface area contributed by atoms with Crippen LogP contribution in [0.15, 0.2) is 47.4 Å². The summed E-state index contributed by atoms with van der Waals surface area (Å²) in [6.07, 6.45) is 0. The van der Waals surface area contributed by atoms with Crippen LogP contribution in [0.4, 0.5) is 5.69 Å². The van der Waals surface area contributed by atoms with Crippen LogP contribution in [-0.2, 0) is 15.6 Å². The van der Waals surface area contributed by atoms with Gasteiger partial charge in [0.2, 0.25) is 0 Å². The van der Waals surface area contributed by atoms with Gasteiger partial charge in [-0.1, -0.05) is 11.6 Å². The van der Waals surface area contributed by atoms with Crippen LogP contribution in [0, 0.1) is 0 Å². The molecule has 6 heteroatoms. The van der Waals surface area contributed by atoms with Crippen molar-refractivity contribution >= 4 is 27.1 Å². The summed E-state index contributed by atoms with van der Waals surface area (Å²) in [5, 5.41) is 0.491. The van der Waals surface area contributed by atoms with E-state index in [1.165, 1.54) is 19.2 Å². The number of sulfone groups is 1. The van der Waals surface area contributed by atoms with Gasteiger partial charge in [-0.05, 0) is 42.5 Å². The van der Waals surface area contributed by atoms with E-state index in [0.717, 1.165) is 0 Å². The van der Waals surface area contributed by atoms with E-state index in [9.17, 15) is 8.42 Å². The van der Waals surface area contributed by atoms with Crippen molar-refractivity contribution in [2.45, 2.75) is 10.6 Å². The first-order valence-electron chi connectivity index (χ1n) is 5.83. The molecule has 20 heavy (non-hydrogen) atoms. The molecule has 2 aromatic carbocycles. The summed E-state index contributed by atoms with van der Waals surface area (Å²) in [5.74, 6) is 0.319. The third kappa shape index (κ3) is 3.23. The molecule has 0 unspecified atom stereocenters. The van der Waals surface area contributed by atoms with Crippen molar-refractivity contribution in [2.24, 2.45) is 0 Å². The molecule has 4 nitrogen and oxygen atoms in total. The number of halogens is 1. The molecule has 0 heterocycles. The molecule has 0 saturated carbocycles. The number of nitrogen functional groups attached to an aromatic ring is 1. The molecular weight excluding hydrogens is 298 g/mol. The molecule has 0 aliphatic rings. The van der Waals surface area contributed by atoms with Gasteiger partial charge in [0.15, 0.2) is 9.84 Å². The molecule has 106 valence electrons. The van der Waals surface area contributed by atoms with Gasteiger partial charge in [0.1, 0.15) is 5.75 Å². The minimum absolute atomic E-state index is 0.178. The Labute approximate surface area is 123 Å². The van der Waals surface area contributed by atoms with E-state index in [4.69, 9.17) is 22.1 Å². The summed E-state index contributed by atoms with van der Waals surface area (Å²) in [4.78, 5) is 0.214. The standard InChI is InChI=1S/C14H14ClNO3S/c1-19-14-7-4-12(16)8-10(14)9-20(17,18)13-5-2-11(15)3-6-13/h2-8H,9,16H2,1H3. The predicted molar refractivity (Wildman–Crippen MR) is 79.7 cm³/mol. The Morgan fingerprint density at radius 1 is 1.15 bits per heavy atom. The summed E-state index contributed by atoms with van der Waals surface area (Å²) in [6.45, 7) is 0. The molecule has 0 fully saturated rings. The van der Waals surface area contributed by atoms with Gasteiger partial charge in [0.05, 0.1) is 17.8 Å². The Kier molecular flexibility index (Phi) is 4.20. The van der Waals surface area contributed by atoms with E-state index in [2.05, 4.69) is 0 Å². The molecule has 0 aliphatic carbocycles. The zero-order valence-corrected chi connectivity index (χ0v) is 12.4. The maximum Gasteiger partial charge on any atom is 0.182 e. The van der Waals surface area contributed by atoms with Crippen LogP contribution in [0.25, 0.3) is 0 Å². The Hall–Kier alpha value is -1.72. The lowest BCUT2D eigenvalue weighted by molar-refractivity contribution is 0.411. The monoisotopic (exact) mass is 311 g/mol. The fourth-order valence-electron chi connectivity index (χ4n) is 1.84. The van der Waals surface area contributed by atoms with Gasteiger partial charge in [-0.2, -0.15) is 0 Å². The van der Waals surface area contributed by atoms with Crippen LogP contribution >= 0.6 is 11.6 Å². The number of hydrogen-bond acceptors (Lipinski definition) is 4. The van der Waals surface area contributed by atoms with Gasteiger partial charge >= 0.3 is 0 Å². The average Bonchev–Trinajstić information content (AvgIpc) is 2.39. The zero-order valence-electron chi connectivity index (χ0n) is 10.8. The van der Waals surface area contributed by atoms with Gasteiger partial charge in [-0.3, -0.25) is 0 Å². The third-order valence-electron chi connectivity index (χ3n) is 2.82. The average molecular weight is 312 g/mol. The molecule has 2 rings (SSSR count). The van der Waals surface area contributed by atoms with E-state index in [-0.39, 0.29) is 10.6 Å². The van der Waals surface area contributed by atoms with Gasteiger partial charge in [0.25, 0.3) is 0 Å². The molecule has 0 saturated heterocycles. The number of nitrogens with two attached hydrogens (primary N) is 1. The summed E-state index contributed by atoms with van der Waals surface area (Å²) < 4.78 is 29.9. The number of anilines is 1. The summed E-state index contributed by atoms with van der Waals surface area (Å²) in [5.41, 5.74) is 6.71. The second-order valence-electron chi connectivity index (χ2n) is 4.28. The minimum Gasteiger partial charge on any atom is -0.496 e. The lowest BCUT2D eigenvalue weighted by Gasteiger charge is -2.10. The highest BCUT2D eigenvalue weighted by atomic mass is 35.5. The van der Waals surface area contributed by atoms with Crippen molar-refractivity contribution in [1.82, 2.24) is 0 Å². The maximum absolute atomic E-state index is 12.4. The highest BCUT2D eigenvalue weighted by molar-refractivity contribution is 7.90. The molecule has 0 amide bonds. The first-order chi connectivity index (χ1) is 9.42. The largest absolute Gasteiger partial charge is 0.496 e. The Bertz CT molecular complexity index is 712. The summed E-state index contributed by atoms with van der Waals surface area (Å²) in [6, 6.07) is 11.0. The molecule has 0 spiro atoms. The normalized spacial score (nSPS) is 11.3. The molecule has 0 aromatic heterocycles. The third-order valence-corrected chi connectivity index (χ3v) is 4.76. The first kappa shape index (κ1) is 14.7. The highest BCUT2D eigenvalue weighted by Gasteiger charge is 2.18. The zero-order chi connectivity index (χ0) is 14.8. The summed E-state index contributed by atoms with van der Waals surface area (Å²) >= 11 is 5.76. The van der Waals surface area contributed by atoms with Crippen molar-refractivity contribution in [3.05, 3.63) is 53.1 Å². The van der Waals surface area contributed by atoms with Crippen molar-refractivity contribution < 1.29 is 13.2 Å². The maximum atomic E-state index is 12.4. The molecule has 0 atom stereocenters. The van der Waals surface area contributed by atoms with Gasteiger partial charge in [-0.25, -0.2) is 8.42 Å². The second-order valence-corrected chi connectivity index (χ2v) is 6.71. The van der Waals surface area contributed by atoms with E-state index < -0.39 is 9.84 Å². The number of ether oxygens (including phenoxy) is 1. The van der Waals surface area contributed by atoms with Gasteiger partial charge in [0, 0.05) is 16.3 Å². The topological polar surface area (TPSA) is 69.4 Å². The van der Waals surface area contributed by atoms with E-state index >= 15 is 0 Å². The van der Waals surface area contributed by atoms with Crippen LogP contribution in [0.2, 0.25) is 5.02 Å². The minimum atomic E-state index is -3.47. The fraction of sp³-hybridized carbons (Fsp3) is 0.143. The quantitative estimate of drug-likeness (QED) is 0.881. The Morgan fingerprint density at radius 2 is 1.80 bits per heavy atom. The van der Waals surface area contributed by atoms with Crippen molar-refractivity contribution in [1.29, 1.82) is 0 Å². The summed E-state index contributed by atoms with van der Waals surface area (Å²) in [7, 11) is -1.98. The van der Waals surface area contributed by atoms with E-state index in [0.29, 0.717) is 22.0 Å². The smallest absolute Gasteiger partial charge is 0.182 e. The molecule has 2 aromatic rings. The van der Waals surface area contributed by atoms with Crippen molar-refractivity contribution in [3.8, 4) is 5.75 Å². The van der Waals surface area contributed by atoms with Crippen LogP contribution in [0.5, 0.6) is 5.75 Å². The predicted octanol–water partition coefficient (Wildman–Crippen LogP) is 2.90. The van der Waals surface area contributed by atoms with Crippen LogP contribution in [0.3, 0.4) is 0 Å². The van der Waals surface area contributed by atoms with Crippen LogP contribution < -0.4 is 10.5 Å². The SMILES string of the molecule is COc1ccc(N)cc1CS(=O)(=O)c1ccc(Cl)cc1. The number of benzene rings is 2. The van der Waals surface area contributed by atoms with E-state index in [1.54, 1.807) is 30.3 Å². The van der Waals surface area contributed by atoms with Crippen LogP contribution in [-0.4, -0.2) is 15.5 Å². The molecule has 0 radical (unpaired) electrons. The fourth-order valence-corrected chi connectivity index (χ4v) is 3.32. The molecule has 2 N–H and O–H groups in total. The van der Waals surface area contributed by atoms with Gasteiger partial charge < -0.3 is 10.5 Å². The van der Waals surface area contributed by atoms with E-state index in [1.807, 2.05) is 0 Å². The second kappa shape index (κ2) is 5.73. The van der Waals surface area contributed by atoms with Gasteiger partial charge in [-0.15, -0.1) is 0 Å². The Balaban J connectivity index is 2.37. The number of rotatable bonds is 4. The molecule has 0 bridgehead atoms. The molecule has 0 aliphatic heterocycles. The van der Waals surface area contributed by atoms with Crippen LogP contribution in [0.1, 0.15) is 5.56 Å². The number of hydrogen-bond donors (Lipinski definition) is 1. The highest BCUT2D eigenvalue weighted by Crippen LogP contribution is 2.26. The van der Waals surface area contributed by atoms with Crippen molar-refractivity contribution in [2.75, 3.05) is 12.8 Å². The Morgan fingerprint density at radius 3 is 2.40 bits per heavy atom. The lowest BCUT2D eigenvalue weighted by atomic mass is 10.2. The lowest BCUT2D eigenvalue weighted by Crippen LogP contribution is -2.06. The first-order valence-corrected chi connectivity index (χ1v) is 7.86. The number of methoxy groups -OCH3 is 1. The van der Waals surface area contributed by atoms with Crippen molar-refractivity contribution in [3.63, 3.8) is 0 Å². The molecular formula is C14H14ClNO3S.